The monoisotopic (exact) mass is 438 g/mol. The number of carbonyl (C=O) groups is 3. The second-order valence-electron chi connectivity index (χ2n) is 7.75. The largest absolute Gasteiger partial charge is 0.316 e. The van der Waals surface area contributed by atoms with Gasteiger partial charge in [-0.15, -0.1) is 0 Å². The molecule has 2 heterocycles. The van der Waals surface area contributed by atoms with Crippen molar-refractivity contribution in [2.24, 2.45) is 0 Å². The summed E-state index contributed by atoms with van der Waals surface area (Å²) < 4.78 is 1.64. The molecule has 0 spiro atoms. The van der Waals surface area contributed by atoms with Crippen LogP contribution in [0.25, 0.3) is 27.8 Å². The molecule has 1 aliphatic heterocycles. The van der Waals surface area contributed by atoms with E-state index in [0.29, 0.717) is 22.3 Å². The minimum absolute atomic E-state index is 0.000611. The number of nitrogens with zero attached hydrogens (tertiary/aromatic N) is 1. The molecule has 0 unspecified atom stereocenters. The van der Waals surface area contributed by atoms with Gasteiger partial charge in [0, 0.05) is 22.2 Å². The van der Waals surface area contributed by atoms with Crippen molar-refractivity contribution < 1.29 is 14.4 Å². The number of Topliss-reactive ketones (excluding diaryl/α,β-unsaturated/α-hetero) is 1. The van der Waals surface area contributed by atoms with E-state index in [0.717, 1.165) is 16.2 Å². The summed E-state index contributed by atoms with van der Waals surface area (Å²) in [7, 11) is 0. The molecule has 0 aliphatic carbocycles. The molecular formula is C26H18N2O3S. The zero-order chi connectivity index (χ0) is 22.4. The van der Waals surface area contributed by atoms with Gasteiger partial charge in [-0.3, -0.25) is 19.0 Å². The van der Waals surface area contributed by atoms with Gasteiger partial charge < -0.3 is 5.32 Å². The fourth-order valence-electron chi connectivity index (χ4n) is 4.18. The van der Waals surface area contributed by atoms with Gasteiger partial charge in [0.2, 0.25) is 0 Å². The van der Waals surface area contributed by atoms with Crippen LogP contribution < -0.4 is 5.32 Å². The molecule has 32 heavy (non-hydrogen) atoms. The van der Waals surface area contributed by atoms with Crippen molar-refractivity contribution in [3.8, 4) is 0 Å². The maximum absolute atomic E-state index is 13.6. The van der Waals surface area contributed by atoms with Crippen molar-refractivity contribution in [3.05, 3.63) is 89.1 Å². The Hall–Kier alpha value is -3.90. The van der Waals surface area contributed by atoms with Crippen LogP contribution in [-0.4, -0.2) is 27.2 Å². The summed E-state index contributed by atoms with van der Waals surface area (Å²) in [4.78, 5) is 38.7. The van der Waals surface area contributed by atoms with Gasteiger partial charge in [0.25, 0.3) is 11.8 Å². The van der Waals surface area contributed by atoms with E-state index in [-0.39, 0.29) is 28.7 Å². The van der Waals surface area contributed by atoms with Crippen LogP contribution in [0.1, 0.15) is 28.0 Å². The number of rotatable bonds is 2. The Kier molecular flexibility index (Phi) is 4.79. The van der Waals surface area contributed by atoms with Crippen LogP contribution in [0.5, 0.6) is 0 Å². The highest BCUT2D eigenvalue weighted by molar-refractivity contribution is 7.80. The third-order valence-electron chi connectivity index (χ3n) is 5.77. The Morgan fingerprint density at radius 1 is 1.00 bits per heavy atom. The van der Waals surface area contributed by atoms with Crippen LogP contribution in [0.3, 0.4) is 0 Å². The highest BCUT2D eigenvalue weighted by Gasteiger charge is 2.27. The Morgan fingerprint density at radius 3 is 2.50 bits per heavy atom. The Labute approximate surface area is 189 Å². The number of fused-ring (bicyclic) bond motifs is 2. The molecule has 1 fully saturated rings. The number of piperidine rings is 1. The summed E-state index contributed by atoms with van der Waals surface area (Å²) in [5, 5.41) is 5.38. The van der Waals surface area contributed by atoms with Gasteiger partial charge in [0.05, 0.1) is 22.5 Å². The molecule has 1 amide bonds. The highest BCUT2D eigenvalue weighted by Crippen LogP contribution is 2.30. The number of para-hydroxylation sites is 1. The van der Waals surface area contributed by atoms with Gasteiger partial charge >= 0.3 is 0 Å². The number of nitrogens with one attached hydrogen (secondary N) is 1. The average Bonchev–Trinajstić information content (AvgIpc) is 3.06. The van der Waals surface area contributed by atoms with Crippen LogP contribution in [-0.2, 0) is 9.59 Å². The molecule has 0 radical (unpaired) electrons. The molecule has 5 rings (SSSR count). The van der Waals surface area contributed by atoms with Gasteiger partial charge in [-0.1, -0.05) is 60.7 Å². The second kappa shape index (κ2) is 7.66. The van der Waals surface area contributed by atoms with E-state index in [9.17, 15) is 14.4 Å². The number of hydrogen-bond acceptors (Lipinski definition) is 4. The van der Waals surface area contributed by atoms with Gasteiger partial charge in [0.1, 0.15) is 0 Å². The third-order valence-corrected chi connectivity index (χ3v) is 6.01. The highest BCUT2D eigenvalue weighted by atomic mass is 32.1. The lowest BCUT2D eigenvalue weighted by molar-refractivity contribution is -0.122. The third kappa shape index (κ3) is 3.25. The molecule has 156 valence electrons. The topological polar surface area (TPSA) is 68.2 Å². The van der Waals surface area contributed by atoms with Crippen molar-refractivity contribution in [1.82, 2.24) is 9.88 Å². The number of carbonyl (C=O) groups excluding carboxylic acids is 3. The van der Waals surface area contributed by atoms with Gasteiger partial charge in [-0.05, 0) is 42.0 Å². The number of thiocarbonyl (C=S) groups is 1. The Bertz CT molecular complexity index is 1490. The first-order valence-electron chi connectivity index (χ1n) is 10.2. The van der Waals surface area contributed by atoms with Crippen LogP contribution in [0.2, 0.25) is 0 Å². The normalized spacial score (nSPS) is 15.5. The molecule has 5 nitrogen and oxygen atoms in total. The first kappa shape index (κ1) is 20.0. The van der Waals surface area contributed by atoms with Crippen LogP contribution >= 0.6 is 12.2 Å². The molecule has 6 heteroatoms. The van der Waals surface area contributed by atoms with Crippen LogP contribution in [0, 0.1) is 6.92 Å². The second-order valence-corrected chi connectivity index (χ2v) is 8.25. The van der Waals surface area contributed by atoms with Crippen molar-refractivity contribution in [2.75, 3.05) is 0 Å². The van der Waals surface area contributed by atoms with E-state index in [1.165, 1.54) is 0 Å². The molecule has 3 aromatic carbocycles. The van der Waals surface area contributed by atoms with Crippen LogP contribution in [0.15, 0.2) is 72.3 Å². The van der Waals surface area contributed by atoms with E-state index in [1.807, 2.05) is 73.7 Å². The van der Waals surface area contributed by atoms with E-state index in [1.54, 1.807) is 10.6 Å². The fourth-order valence-corrected chi connectivity index (χ4v) is 4.41. The average molecular weight is 439 g/mol. The maximum Gasteiger partial charge on any atom is 0.262 e. The van der Waals surface area contributed by atoms with E-state index in [4.69, 9.17) is 12.2 Å². The lowest BCUT2D eigenvalue weighted by atomic mass is 9.99. The summed E-state index contributed by atoms with van der Waals surface area (Å²) in [6.45, 7) is 1.82. The SMILES string of the molecule is Cc1c(/C=C2/C(=O)CC(=S)NC2=O)c2ccccc2n1C(=O)c1ccc2ccccc2c1. The predicted molar refractivity (Wildman–Crippen MR) is 129 cm³/mol. The van der Waals surface area contributed by atoms with Gasteiger partial charge in [-0.2, -0.15) is 0 Å². The molecular weight excluding hydrogens is 420 g/mol. The minimum atomic E-state index is -0.511. The Balaban J connectivity index is 1.68. The van der Waals surface area contributed by atoms with E-state index >= 15 is 0 Å². The summed E-state index contributed by atoms with van der Waals surface area (Å²) in [6.07, 6.45) is 1.57. The van der Waals surface area contributed by atoms with Crippen molar-refractivity contribution >= 4 is 62.6 Å². The minimum Gasteiger partial charge on any atom is -0.316 e. The fraction of sp³-hybridized carbons (Fsp3) is 0.0769. The molecule has 0 bridgehead atoms. The molecule has 1 aliphatic rings. The Morgan fingerprint density at radius 2 is 1.72 bits per heavy atom. The van der Waals surface area contributed by atoms with Crippen molar-refractivity contribution in [2.45, 2.75) is 13.3 Å². The van der Waals surface area contributed by atoms with Gasteiger partial charge in [0.15, 0.2) is 5.78 Å². The quantitative estimate of drug-likeness (QED) is 0.282. The summed E-state index contributed by atoms with van der Waals surface area (Å²) >= 11 is 4.98. The van der Waals surface area contributed by atoms with Crippen molar-refractivity contribution in [3.63, 3.8) is 0 Å². The molecule has 1 saturated heterocycles. The van der Waals surface area contributed by atoms with E-state index in [2.05, 4.69) is 5.32 Å². The molecule has 0 saturated carbocycles. The molecule has 0 atom stereocenters. The molecule has 1 N–H and O–H groups in total. The summed E-state index contributed by atoms with van der Waals surface area (Å²) in [5.41, 5.74) is 2.65. The zero-order valence-electron chi connectivity index (χ0n) is 17.2. The first-order valence-corrected chi connectivity index (χ1v) is 10.6. The lowest BCUT2D eigenvalue weighted by Gasteiger charge is -2.14. The predicted octanol–water partition coefficient (Wildman–Crippen LogP) is 4.59. The van der Waals surface area contributed by atoms with Crippen LogP contribution in [0.4, 0.5) is 0 Å². The number of aromatic nitrogens is 1. The number of ketones is 1. The summed E-state index contributed by atoms with van der Waals surface area (Å²) in [6, 6.07) is 21.0. The van der Waals surface area contributed by atoms with Crippen molar-refractivity contribution in [1.29, 1.82) is 0 Å². The summed E-state index contributed by atoms with van der Waals surface area (Å²) in [5.74, 6) is -1.01. The lowest BCUT2D eigenvalue weighted by Crippen LogP contribution is -2.39. The number of benzene rings is 3. The smallest absolute Gasteiger partial charge is 0.262 e. The number of amides is 1. The zero-order valence-corrected chi connectivity index (χ0v) is 18.0. The number of hydrogen-bond donors (Lipinski definition) is 1. The standard InChI is InChI=1S/C26H18N2O3S/c1-15-20(13-21-23(29)14-24(32)27-25(21)30)19-8-4-5-9-22(19)28(15)26(31)18-11-10-16-6-2-3-7-17(16)12-18/h2-13H,14H2,1H3,(H,27,30,32)/b21-13-. The van der Waals surface area contributed by atoms with E-state index < -0.39 is 5.91 Å². The van der Waals surface area contributed by atoms with Gasteiger partial charge in [-0.25, -0.2) is 0 Å². The first-order chi connectivity index (χ1) is 15.4. The molecule has 1 aromatic heterocycles. The maximum atomic E-state index is 13.6. The molecule has 4 aromatic rings.